The third kappa shape index (κ3) is 3.79. The third-order valence-corrected chi connectivity index (χ3v) is 8.04. The van der Waals surface area contributed by atoms with E-state index >= 15 is 0 Å². The smallest absolute Gasteiger partial charge is 0.243 e. The SMILES string of the molecule is CCCN(CCC)S(=O)(=O)c1ccc2c(c1)C1C=CCC1C(c1ccc(F)cc1)N2. The number of nitrogens with zero attached hydrogens (tertiary/aromatic N) is 1. The number of rotatable bonds is 7. The number of hydrogen-bond acceptors (Lipinski definition) is 3. The Hall–Kier alpha value is -2.18. The molecule has 1 heterocycles. The molecule has 2 aliphatic rings. The van der Waals surface area contributed by atoms with Crippen LogP contribution in [0, 0.1) is 11.7 Å². The van der Waals surface area contributed by atoms with Crippen LogP contribution in [-0.2, 0) is 10.0 Å². The molecule has 0 saturated carbocycles. The number of sulfonamides is 1. The third-order valence-electron chi connectivity index (χ3n) is 6.15. The van der Waals surface area contributed by atoms with Gasteiger partial charge in [0.05, 0.1) is 10.9 Å². The highest BCUT2D eigenvalue weighted by atomic mass is 32.2. The van der Waals surface area contributed by atoms with Crippen molar-refractivity contribution >= 4 is 15.7 Å². The fourth-order valence-electron chi connectivity index (χ4n) is 4.73. The molecular weight excluding hydrogens is 399 g/mol. The van der Waals surface area contributed by atoms with Crippen LogP contribution in [0.25, 0.3) is 0 Å². The highest BCUT2D eigenvalue weighted by molar-refractivity contribution is 7.89. The Kier molecular flexibility index (Phi) is 5.98. The molecular formula is C24H29FN2O2S. The molecule has 1 aliphatic carbocycles. The molecule has 1 aliphatic heterocycles. The summed E-state index contributed by atoms with van der Waals surface area (Å²) in [6.45, 7) is 5.06. The molecule has 0 spiro atoms. The Morgan fingerprint density at radius 2 is 1.77 bits per heavy atom. The topological polar surface area (TPSA) is 49.4 Å². The Bertz CT molecular complexity index is 1030. The summed E-state index contributed by atoms with van der Waals surface area (Å²) in [5.74, 6) is 0.190. The van der Waals surface area contributed by atoms with Gasteiger partial charge in [-0.05, 0) is 66.6 Å². The fourth-order valence-corrected chi connectivity index (χ4v) is 6.39. The molecule has 4 rings (SSSR count). The van der Waals surface area contributed by atoms with Crippen molar-refractivity contribution in [3.63, 3.8) is 0 Å². The van der Waals surface area contributed by atoms with Crippen molar-refractivity contribution in [1.29, 1.82) is 0 Å². The van der Waals surface area contributed by atoms with Crippen LogP contribution in [0.2, 0.25) is 0 Å². The normalized spacial score (nSPS) is 22.6. The van der Waals surface area contributed by atoms with Crippen molar-refractivity contribution in [2.45, 2.75) is 50.0 Å². The van der Waals surface area contributed by atoms with E-state index in [9.17, 15) is 12.8 Å². The lowest BCUT2D eigenvalue weighted by atomic mass is 9.77. The molecule has 6 heteroatoms. The number of allylic oxidation sites excluding steroid dienone is 2. The van der Waals surface area contributed by atoms with Gasteiger partial charge in [0.2, 0.25) is 10.0 Å². The largest absolute Gasteiger partial charge is 0.378 e. The minimum atomic E-state index is -3.52. The first-order chi connectivity index (χ1) is 14.5. The molecule has 3 unspecified atom stereocenters. The summed E-state index contributed by atoms with van der Waals surface area (Å²) in [6.07, 6.45) is 6.85. The molecule has 0 bridgehead atoms. The van der Waals surface area contributed by atoms with Crippen LogP contribution >= 0.6 is 0 Å². The maximum absolute atomic E-state index is 13.4. The second-order valence-corrected chi connectivity index (χ2v) is 10.1. The predicted octanol–water partition coefficient (Wildman–Crippen LogP) is 5.46. The number of benzene rings is 2. The first-order valence-corrected chi connectivity index (χ1v) is 12.2. The maximum Gasteiger partial charge on any atom is 0.243 e. The Morgan fingerprint density at radius 3 is 2.43 bits per heavy atom. The molecule has 0 radical (unpaired) electrons. The van der Waals surface area contributed by atoms with E-state index in [1.54, 1.807) is 10.4 Å². The van der Waals surface area contributed by atoms with E-state index in [4.69, 9.17) is 0 Å². The van der Waals surface area contributed by atoms with Crippen molar-refractivity contribution in [1.82, 2.24) is 4.31 Å². The van der Waals surface area contributed by atoms with E-state index in [-0.39, 0.29) is 23.7 Å². The summed E-state index contributed by atoms with van der Waals surface area (Å²) in [5, 5.41) is 3.59. The van der Waals surface area contributed by atoms with Gasteiger partial charge in [0, 0.05) is 24.7 Å². The Labute approximate surface area is 178 Å². The van der Waals surface area contributed by atoms with E-state index in [0.29, 0.717) is 18.0 Å². The number of anilines is 1. The zero-order chi connectivity index (χ0) is 21.3. The lowest BCUT2D eigenvalue weighted by molar-refractivity contribution is 0.408. The average Bonchev–Trinajstić information content (AvgIpc) is 3.23. The van der Waals surface area contributed by atoms with Crippen molar-refractivity contribution in [3.8, 4) is 0 Å². The molecule has 0 saturated heterocycles. The second-order valence-electron chi connectivity index (χ2n) is 8.18. The highest BCUT2D eigenvalue weighted by Gasteiger charge is 2.38. The quantitative estimate of drug-likeness (QED) is 0.596. The number of fused-ring (bicyclic) bond motifs is 3. The molecule has 2 aromatic carbocycles. The minimum absolute atomic E-state index is 0.0669. The average molecular weight is 429 g/mol. The van der Waals surface area contributed by atoms with Gasteiger partial charge in [-0.1, -0.05) is 38.1 Å². The summed E-state index contributed by atoms with van der Waals surface area (Å²) in [5.41, 5.74) is 3.03. The van der Waals surface area contributed by atoms with Crippen molar-refractivity contribution in [2.75, 3.05) is 18.4 Å². The van der Waals surface area contributed by atoms with E-state index in [0.717, 1.165) is 36.1 Å². The van der Waals surface area contributed by atoms with Gasteiger partial charge in [-0.25, -0.2) is 12.8 Å². The van der Waals surface area contributed by atoms with Crippen LogP contribution in [0.3, 0.4) is 0 Å². The van der Waals surface area contributed by atoms with E-state index in [2.05, 4.69) is 17.5 Å². The summed E-state index contributed by atoms with van der Waals surface area (Å²) >= 11 is 0. The van der Waals surface area contributed by atoms with Crippen LogP contribution in [0.5, 0.6) is 0 Å². The monoisotopic (exact) mass is 428 g/mol. The van der Waals surface area contributed by atoms with E-state index in [1.807, 2.05) is 38.1 Å². The summed E-state index contributed by atoms with van der Waals surface area (Å²) in [7, 11) is -3.52. The second kappa shape index (κ2) is 8.52. The molecule has 160 valence electrons. The van der Waals surface area contributed by atoms with Crippen LogP contribution < -0.4 is 5.32 Å². The highest BCUT2D eigenvalue weighted by Crippen LogP contribution is 2.50. The fraction of sp³-hybridized carbons (Fsp3) is 0.417. The minimum Gasteiger partial charge on any atom is -0.378 e. The molecule has 3 atom stereocenters. The van der Waals surface area contributed by atoms with Crippen LogP contribution in [0.1, 0.15) is 56.2 Å². The molecule has 2 aromatic rings. The van der Waals surface area contributed by atoms with Crippen molar-refractivity contribution in [2.24, 2.45) is 5.92 Å². The predicted molar refractivity (Wildman–Crippen MR) is 119 cm³/mol. The van der Waals surface area contributed by atoms with Gasteiger partial charge in [0.15, 0.2) is 0 Å². The van der Waals surface area contributed by atoms with E-state index in [1.165, 1.54) is 12.1 Å². The van der Waals surface area contributed by atoms with Gasteiger partial charge >= 0.3 is 0 Å². The van der Waals surface area contributed by atoms with Gasteiger partial charge in [-0.15, -0.1) is 0 Å². The van der Waals surface area contributed by atoms with Gasteiger partial charge in [-0.3, -0.25) is 0 Å². The lowest BCUT2D eigenvalue weighted by Crippen LogP contribution is -2.33. The van der Waals surface area contributed by atoms with Gasteiger partial charge in [0.1, 0.15) is 5.82 Å². The van der Waals surface area contributed by atoms with E-state index < -0.39 is 10.0 Å². The molecule has 30 heavy (non-hydrogen) atoms. The Balaban J connectivity index is 1.70. The molecule has 0 amide bonds. The van der Waals surface area contributed by atoms with Crippen LogP contribution in [0.15, 0.2) is 59.5 Å². The maximum atomic E-state index is 13.4. The van der Waals surface area contributed by atoms with Crippen LogP contribution in [-0.4, -0.2) is 25.8 Å². The standard InChI is InChI=1S/C24H29FN2O2S/c1-3-14-27(15-4-2)30(28,29)19-12-13-23-22(16-19)20-6-5-7-21(20)24(26-23)17-8-10-18(25)11-9-17/h5-6,8-13,16,20-21,24,26H,3-4,7,14-15H2,1-2H3. The molecule has 0 aromatic heterocycles. The van der Waals surface area contributed by atoms with Gasteiger partial charge in [0.25, 0.3) is 0 Å². The summed E-state index contributed by atoms with van der Waals surface area (Å²) < 4.78 is 41.5. The summed E-state index contributed by atoms with van der Waals surface area (Å²) in [4.78, 5) is 0.365. The van der Waals surface area contributed by atoms with Gasteiger partial charge in [-0.2, -0.15) is 4.31 Å². The molecule has 0 fully saturated rings. The van der Waals surface area contributed by atoms with Crippen molar-refractivity contribution < 1.29 is 12.8 Å². The summed E-state index contributed by atoms with van der Waals surface area (Å²) in [6, 6.07) is 12.2. The van der Waals surface area contributed by atoms with Crippen LogP contribution in [0.4, 0.5) is 10.1 Å². The zero-order valence-corrected chi connectivity index (χ0v) is 18.3. The first kappa shape index (κ1) is 21.1. The number of hydrogen-bond donors (Lipinski definition) is 1. The lowest BCUT2D eigenvalue weighted by Gasteiger charge is -2.38. The Morgan fingerprint density at radius 1 is 1.07 bits per heavy atom. The van der Waals surface area contributed by atoms with Crippen molar-refractivity contribution in [3.05, 3.63) is 71.6 Å². The zero-order valence-electron chi connectivity index (χ0n) is 17.5. The number of nitrogens with one attached hydrogen (secondary N) is 1. The van der Waals surface area contributed by atoms with Gasteiger partial charge < -0.3 is 5.32 Å². The first-order valence-electron chi connectivity index (χ1n) is 10.8. The molecule has 1 N–H and O–H groups in total. The molecule has 4 nitrogen and oxygen atoms in total. The number of halogens is 1.